The second-order valence-corrected chi connectivity index (χ2v) is 5.65. The number of carbonyl (C=O) groups is 1. The fraction of sp³-hybridized carbons (Fsp3) is 0.357. The topological polar surface area (TPSA) is 107 Å². The average Bonchev–Trinajstić information content (AvgIpc) is 2.53. The Morgan fingerprint density at radius 3 is 2.74 bits per heavy atom. The lowest BCUT2D eigenvalue weighted by molar-refractivity contribution is 0.0314. The van der Waals surface area contributed by atoms with Crippen molar-refractivity contribution in [1.29, 1.82) is 0 Å². The summed E-state index contributed by atoms with van der Waals surface area (Å²) in [5.41, 5.74) is 6.08. The minimum absolute atomic E-state index is 0.0766. The third-order valence-electron chi connectivity index (χ3n) is 2.89. The van der Waals surface area contributed by atoms with Gasteiger partial charge in [-0.15, -0.1) is 11.8 Å². The van der Waals surface area contributed by atoms with E-state index >= 15 is 0 Å². The number of esters is 1. The summed E-state index contributed by atoms with van der Waals surface area (Å²) in [5.74, 6) is 0.291. The molecular weight excluding hydrogens is 316 g/mol. The van der Waals surface area contributed by atoms with Crippen molar-refractivity contribution in [2.24, 2.45) is 0 Å². The highest BCUT2D eigenvalue weighted by Gasteiger charge is 2.20. The Hall–Kier alpha value is -2.42. The summed E-state index contributed by atoms with van der Waals surface area (Å²) in [6.45, 7) is 1.68. The molecule has 2 rings (SSSR count). The number of rotatable bonds is 5. The summed E-state index contributed by atoms with van der Waals surface area (Å²) in [4.78, 5) is 30.5. The van der Waals surface area contributed by atoms with Gasteiger partial charge in [0, 0.05) is 20.3 Å². The molecule has 0 radical (unpaired) electrons. The molecule has 122 valence electrons. The van der Waals surface area contributed by atoms with Crippen molar-refractivity contribution in [3.05, 3.63) is 29.7 Å². The molecule has 0 aromatic carbocycles. The maximum Gasteiger partial charge on any atom is 0.341 e. The lowest BCUT2D eigenvalue weighted by atomic mass is 10.3. The first-order chi connectivity index (χ1) is 10.9. The van der Waals surface area contributed by atoms with Crippen molar-refractivity contribution in [2.45, 2.75) is 18.1 Å². The number of hydrogen-bond donors (Lipinski definition) is 1. The molecule has 0 amide bonds. The molecular formula is C14H18N6O2S. The van der Waals surface area contributed by atoms with Crippen molar-refractivity contribution in [3.8, 4) is 0 Å². The molecule has 2 aromatic rings. The molecule has 2 N–H and O–H groups in total. The maximum atomic E-state index is 12.3. The van der Waals surface area contributed by atoms with Gasteiger partial charge in [0.1, 0.15) is 5.03 Å². The van der Waals surface area contributed by atoms with Gasteiger partial charge in [-0.05, 0) is 25.3 Å². The van der Waals surface area contributed by atoms with E-state index in [1.54, 1.807) is 44.2 Å². The molecule has 0 aliphatic carbocycles. The quantitative estimate of drug-likeness (QED) is 0.643. The van der Waals surface area contributed by atoms with E-state index in [4.69, 9.17) is 10.5 Å². The van der Waals surface area contributed by atoms with Crippen LogP contribution in [0.5, 0.6) is 0 Å². The lowest BCUT2D eigenvalue weighted by Gasteiger charge is -2.16. The zero-order valence-electron chi connectivity index (χ0n) is 13.3. The summed E-state index contributed by atoms with van der Waals surface area (Å²) in [6, 6.07) is 3.35. The Balaban J connectivity index is 2.21. The number of ether oxygens (including phenoxy) is 1. The van der Waals surface area contributed by atoms with Gasteiger partial charge < -0.3 is 15.4 Å². The number of anilines is 2. The van der Waals surface area contributed by atoms with E-state index in [1.165, 1.54) is 11.8 Å². The summed E-state index contributed by atoms with van der Waals surface area (Å²) in [5, 5.41) is 0.605. The van der Waals surface area contributed by atoms with Crippen molar-refractivity contribution in [2.75, 3.05) is 31.0 Å². The number of thioether (sulfide) groups is 1. The smallest absolute Gasteiger partial charge is 0.341 e. The minimum atomic E-state index is -0.665. The van der Waals surface area contributed by atoms with Gasteiger partial charge in [0.2, 0.25) is 11.9 Å². The number of nitrogen functional groups attached to an aromatic ring is 1. The van der Waals surface area contributed by atoms with Crippen LogP contribution in [0.4, 0.5) is 11.9 Å². The van der Waals surface area contributed by atoms with Crippen LogP contribution in [0.2, 0.25) is 0 Å². The van der Waals surface area contributed by atoms with Crippen LogP contribution in [0, 0.1) is 0 Å². The van der Waals surface area contributed by atoms with Gasteiger partial charge >= 0.3 is 5.97 Å². The predicted octanol–water partition coefficient (Wildman–Crippen LogP) is 1.55. The van der Waals surface area contributed by atoms with Gasteiger partial charge in [-0.25, -0.2) is 9.78 Å². The van der Waals surface area contributed by atoms with Crippen LogP contribution in [-0.4, -0.2) is 46.3 Å². The zero-order chi connectivity index (χ0) is 17.0. The van der Waals surface area contributed by atoms with Crippen molar-refractivity contribution in [1.82, 2.24) is 19.9 Å². The molecule has 8 nitrogen and oxygen atoms in total. The predicted molar refractivity (Wildman–Crippen MR) is 88.4 cm³/mol. The van der Waals surface area contributed by atoms with Gasteiger partial charge in [-0.3, -0.25) is 0 Å². The standard InChI is InChI=1S/C14H18N6O2S/c1-8(10-17-13(15)19-14(18-10)20(2)3)22-12(21)9-6-5-7-16-11(9)23-4/h5-8H,1-4H3,(H2,15,17,18,19)/t8-/m1/s1. The molecule has 0 aliphatic rings. The molecule has 0 spiro atoms. The highest BCUT2D eigenvalue weighted by molar-refractivity contribution is 7.98. The van der Waals surface area contributed by atoms with Crippen molar-refractivity contribution >= 4 is 29.6 Å². The van der Waals surface area contributed by atoms with Gasteiger partial charge in [-0.2, -0.15) is 15.0 Å². The molecule has 9 heteroatoms. The molecule has 23 heavy (non-hydrogen) atoms. The molecule has 0 saturated heterocycles. The number of aromatic nitrogens is 4. The molecule has 2 aromatic heterocycles. The van der Waals surface area contributed by atoms with Crippen LogP contribution in [0.25, 0.3) is 0 Å². The van der Waals surface area contributed by atoms with Crippen molar-refractivity contribution in [3.63, 3.8) is 0 Å². The van der Waals surface area contributed by atoms with Crippen LogP contribution in [0.1, 0.15) is 29.2 Å². The summed E-state index contributed by atoms with van der Waals surface area (Å²) >= 11 is 1.38. The highest BCUT2D eigenvalue weighted by atomic mass is 32.2. The lowest BCUT2D eigenvalue weighted by Crippen LogP contribution is -2.19. The summed E-state index contributed by atoms with van der Waals surface area (Å²) in [7, 11) is 3.57. The molecule has 0 aliphatic heterocycles. The Morgan fingerprint density at radius 1 is 1.35 bits per heavy atom. The van der Waals surface area contributed by atoms with Gasteiger partial charge in [-0.1, -0.05) is 0 Å². The number of hydrogen-bond acceptors (Lipinski definition) is 9. The second-order valence-electron chi connectivity index (χ2n) is 4.85. The van der Waals surface area contributed by atoms with E-state index in [-0.39, 0.29) is 5.95 Å². The third-order valence-corrected chi connectivity index (χ3v) is 3.60. The van der Waals surface area contributed by atoms with E-state index in [1.807, 2.05) is 6.26 Å². The Morgan fingerprint density at radius 2 is 2.09 bits per heavy atom. The fourth-order valence-electron chi connectivity index (χ4n) is 1.76. The number of nitrogens with two attached hydrogens (primary N) is 1. The largest absolute Gasteiger partial charge is 0.451 e. The zero-order valence-corrected chi connectivity index (χ0v) is 14.2. The van der Waals surface area contributed by atoms with Crippen molar-refractivity contribution < 1.29 is 9.53 Å². The molecule has 0 fully saturated rings. The SMILES string of the molecule is CSc1ncccc1C(=O)O[C@H](C)c1nc(N)nc(N(C)C)n1. The summed E-state index contributed by atoms with van der Waals surface area (Å²) < 4.78 is 5.44. The van der Waals surface area contributed by atoms with E-state index in [2.05, 4.69) is 19.9 Å². The molecule has 0 saturated carbocycles. The Bertz CT molecular complexity index is 709. The molecule has 1 atom stereocenters. The Kier molecular flexibility index (Phi) is 5.32. The first-order valence-corrected chi connectivity index (χ1v) is 8.03. The second kappa shape index (κ2) is 7.23. The summed E-state index contributed by atoms with van der Waals surface area (Å²) in [6.07, 6.45) is 2.81. The van der Waals surface area contributed by atoms with Crippen LogP contribution >= 0.6 is 11.8 Å². The van der Waals surface area contributed by atoms with E-state index in [9.17, 15) is 4.79 Å². The van der Waals surface area contributed by atoms with E-state index in [0.29, 0.717) is 22.4 Å². The Labute approximate surface area is 138 Å². The highest BCUT2D eigenvalue weighted by Crippen LogP contribution is 2.22. The van der Waals surface area contributed by atoms with Crippen LogP contribution in [0.3, 0.4) is 0 Å². The fourth-order valence-corrected chi connectivity index (χ4v) is 2.30. The average molecular weight is 334 g/mol. The van der Waals surface area contributed by atoms with Gasteiger partial charge in [0.05, 0.1) is 5.56 Å². The third kappa shape index (κ3) is 4.07. The number of carbonyl (C=O) groups excluding carboxylic acids is 1. The first kappa shape index (κ1) is 16.9. The normalized spacial score (nSPS) is 11.8. The maximum absolute atomic E-state index is 12.3. The van der Waals surface area contributed by atoms with Crippen LogP contribution < -0.4 is 10.6 Å². The van der Waals surface area contributed by atoms with Gasteiger partial charge in [0.15, 0.2) is 11.9 Å². The van der Waals surface area contributed by atoms with E-state index < -0.39 is 12.1 Å². The van der Waals surface area contributed by atoms with Crippen LogP contribution in [0.15, 0.2) is 23.4 Å². The first-order valence-electron chi connectivity index (χ1n) is 6.81. The monoisotopic (exact) mass is 334 g/mol. The molecule has 2 heterocycles. The number of nitrogens with zero attached hydrogens (tertiary/aromatic N) is 5. The molecule has 0 unspecified atom stereocenters. The minimum Gasteiger partial charge on any atom is -0.451 e. The van der Waals surface area contributed by atoms with E-state index in [0.717, 1.165) is 0 Å². The molecule has 0 bridgehead atoms. The van der Waals surface area contributed by atoms with Gasteiger partial charge in [0.25, 0.3) is 0 Å². The number of pyridine rings is 1. The van der Waals surface area contributed by atoms with Crippen LogP contribution in [-0.2, 0) is 4.74 Å².